The number of hydrogen-bond acceptors (Lipinski definition) is 4. The van der Waals surface area contributed by atoms with E-state index in [0.717, 1.165) is 18.4 Å². The minimum absolute atomic E-state index is 0.00848. The normalized spacial score (nSPS) is 15.3. The van der Waals surface area contributed by atoms with E-state index >= 15 is 0 Å². The van der Waals surface area contributed by atoms with Gasteiger partial charge in [0.1, 0.15) is 17.9 Å². The Hall–Kier alpha value is -3.16. The smallest absolute Gasteiger partial charge is 0.312 e. The predicted molar refractivity (Wildman–Crippen MR) is 105 cm³/mol. The van der Waals surface area contributed by atoms with Gasteiger partial charge in [0.05, 0.1) is 4.92 Å². The summed E-state index contributed by atoms with van der Waals surface area (Å²) >= 11 is 0. The average molecular weight is 381 g/mol. The van der Waals surface area contributed by atoms with Crippen molar-refractivity contribution in [2.45, 2.75) is 39.2 Å². The van der Waals surface area contributed by atoms with Gasteiger partial charge in [-0.25, -0.2) is 0 Å². The van der Waals surface area contributed by atoms with Gasteiger partial charge in [0.25, 0.3) is 0 Å². The number of carbonyl (C=O) groups is 1. The monoisotopic (exact) mass is 381 g/mol. The number of carbonyl (C=O) groups excluding carboxylic acids is 1. The third-order valence-electron chi connectivity index (χ3n) is 5.72. The van der Waals surface area contributed by atoms with Crippen LogP contribution in [-0.2, 0) is 11.3 Å². The topological polar surface area (TPSA) is 97.1 Å². The van der Waals surface area contributed by atoms with Crippen LogP contribution < -0.4 is 0 Å². The first-order chi connectivity index (χ1) is 13.5. The van der Waals surface area contributed by atoms with Crippen LogP contribution in [0.2, 0.25) is 0 Å². The van der Waals surface area contributed by atoms with Crippen LogP contribution >= 0.6 is 0 Å². The molecule has 4 rings (SSSR count). The molecule has 3 aromatic rings. The summed E-state index contributed by atoms with van der Waals surface area (Å²) in [5.41, 5.74) is 3.21. The van der Waals surface area contributed by atoms with Gasteiger partial charge >= 0.3 is 5.69 Å². The van der Waals surface area contributed by atoms with Crippen molar-refractivity contribution in [3.05, 3.63) is 57.5 Å². The molecule has 28 heavy (non-hydrogen) atoms. The highest BCUT2D eigenvalue weighted by molar-refractivity contribution is 5.83. The molecule has 1 N–H and O–H groups in total. The summed E-state index contributed by atoms with van der Waals surface area (Å²) in [5, 5.41) is 16.6. The second kappa shape index (κ2) is 7.10. The fourth-order valence-corrected chi connectivity index (χ4v) is 4.21. The zero-order valence-electron chi connectivity index (χ0n) is 16.0. The highest BCUT2D eigenvalue weighted by Gasteiger charge is 2.27. The van der Waals surface area contributed by atoms with E-state index in [-0.39, 0.29) is 18.1 Å². The molecule has 146 valence electrons. The predicted octanol–water partition coefficient (Wildman–Crippen LogP) is 3.30. The van der Waals surface area contributed by atoms with Crippen molar-refractivity contribution in [1.29, 1.82) is 0 Å². The van der Waals surface area contributed by atoms with E-state index in [2.05, 4.69) is 28.4 Å². The highest BCUT2D eigenvalue weighted by atomic mass is 16.6. The zero-order chi connectivity index (χ0) is 19.8. The van der Waals surface area contributed by atoms with Crippen LogP contribution in [0.1, 0.15) is 35.7 Å². The van der Waals surface area contributed by atoms with Crippen molar-refractivity contribution in [1.82, 2.24) is 19.7 Å². The van der Waals surface area contributed by atoms with Gasteiger partial charge in [-0.3, -0.25) is 19.6 Å². The van der Waals surface area contributed by atoms with Gasteiger partial charge in [-0.1, -0.05) is 18.2 Å². The number of para-hydroxylation sites is 1. The number of fused-ring (bicyclic) bond motifs is 1. The van der Waals surface area contributed by atoms with Gasteiger partial charge in [-0.2, -0.15) is 5.10 Å². The number of H-pyrrole nitrogens is 1. The molecule has 1 saturated heterocycles. The highest BCUT2D eigenvalue weighted by Crippen LogP contribution is 2.33. The molecule has 0 saturated carbocycles. The number of piperidine rings is 1. The summed E-state index contributed by atoms with van der Waals surface area (Å²) in [6.45, 7) is 4.64. The van der Waals surface area contributed by atoms with Crippen molar-refractivity contribution in [2.24, 2.45) is 0 Å². The summed E-state index contributed by atoms with van der Waals surface area (Å²) < 4.78 is 1.45. The van der Waals surface area contributed by atoms with Crippen LogP contribution in [0.5, 0.6) is 0 Å². The maximum absolute atomic E-state index is 12.7. The Morgan fingerprint density at radius 3 is 2.68 bits per heavy atom. The Balaban J connectivity index is 1.42. The first-order valence-electron chi connectivity index (χ1n) is 9.48. The Morgan fingerprint density at radius 2 is 2.00 bits per heavy atom. The molecule has 3 heterocycles. The fourth-order valence-electron chi connectivity index (χ4n) is 4.21. The SMILES string of the molecule is Cc1nn(CC(=O)N2CCC(c3c[nH]c4ccccc34)CC2)c(C)c1[N+](=O)[O-]. The van der Waals surface area contributed by atoms with E-state index in [4.69, 9.17) is 0 Å². The number of aryl methyl sites for hydroxylation is 1. The van der Waals surface area contributed by atoms with Crippen LogP contribution in [0.4, 0.5) is 5.69 Å². The van der Waals surface area contributed by atoms with Crippen LogP contribution in [-0.4, -0.2) is 43.6 Å². The molecule has 0 spiro atoms. The Labute approximate surface area is 162 Å². The zero-order valence-corrected chi connectivity index (χ0v) is 16.0. The Kier molecular flexibility index (Phi) is 4.62. The lowest BCUT2D eigenvalue weighted by Gasteiger charge is -2.32. The number of aromatic nitrogens is 3. The van der Waals surface area contributed by atoms with Crippen LogP contribution in [0.15, 0.2) is 30.5 Å². The van der Waals surface area contributed by atoms with E-state index in [1.54, 1.807) is 13.8 Å². The summed E-state index contributed by atoms with van der Waals surface area (Å²) in [7, 11) is 0. The van der Waals surface area contributed by atoms with E-state index in [9.17, 15) is 14.9 Å². The number of rotatable bonds is 4. The van der Waals surface area contributed by atoms with Gasteiger partial charge < -0.3 is 9.88 Å². The molecule has 1 aliphatic rings. The summed E-state index contributed by atoms with van der Waals surface area (Å²) in [6, 6.07) is 8.28. The molecule has 1 fully saturated rings. The quantitative estimate of drug-likeness (QED) is 0.554. The first-order valence-corrected chi connectivity index (χ1v) is 9.48. The molecule has 0 aliphatic carbocycles. The second-order valence-corrected chi connectivity index (χ2v) is 7.38. The number of benzene rings is 1. The summed E-state index contributed by atoms with van der Waals surface area (Å²) in [5.74, 6) is 0.382. The molecule has 0 unspecified atom stereocenters. The number of hydrogen-bond donors (Lipinski definition) is 1. The lowest BCUT2D eigenvalue weighted by molar-refractivity contribution is -0.386. The van der Waals surface area contributed by atoms with Crippen LogP contribution in [0, 0.1) is 24.0 Å². The third kappa shape index (κ3) is 3.15. The van der Waals surface area contributed by atoms with Crippen LogP contribution in [0.25, 0.3) is 10.9 Å². The maximum atomic E-state index is 12.7. The molecule has 1 amide bonds. The minimum Gasteiger partial charge on any atom is -0.361 e. The molecular weight excluding hydrogens is 358 g/mol. The standard InChI is InChI=1S/C20H23N5O3/c1-13-20(25(27)28)14(2)24(22-13)12-19(26)23-9-7-15(8-10-23)17-11-21-18-6-4-3-5-16(17)18/h3-6,11,15,21H,7-10,12H2,1-2H3. The van der Waals surface area contributed by atoms with E-state index in [1.165, 1.54) is 15.6 Å². The van der Waals surface area contributed by atoms with Gasteiger partial charge in [0, 0.05) is 30.2 Å². The molecule has 0 atom stereocenters. The number of nitrogens with one attached hydrogen (secondary N) is 1. The average Bonchev–Trinajstić information content (AvgIpc) is 3.22. The van der Waals surface area contributed by atoms with Crippen molar-refractivity contribution in [3.8, 4) is 0 Å². The Morgan fingerprint density at radius 1 is 1.29 bits per heavy atom. The number of aromatic amines is 1. The molecule has 8 nitrogen and oxygen atoms in total. The largest absolute Gasteiger partial charge is 0.361 e. The third-order valence-corrected chi connectivity index (χ3v) is 5.72. The van der Waals surface area contributed by atoms with Gasteiger partial charge in [-0.05, 0) is 44.2 Å². The van der Waals surface area contributed by atoms with Crippen LogP contribution in [0.3, 0.4) is 0 Å². The van der Waals surface area contributed by atoms with E-state index < -0.39 is 4.92 Å². The van der Waals surface area contributed by atoms with Crippen molar-refractivity contribution in [2.75, 3.05) is 13.1 Å². The molecular formula is C20H23N5O3. The molecule has 2 aromatic heterocycles. The number of nitro groups is 1. The summed E-state index contributed by atoms with van der Waals surface area (Å²) in [6.07, 6.45) is 3.90. The van der Waals surface area contributed by atoms with Gasteiger partial charge in [-0.15, -0.1) is 0 Å². The number of nitrogens with zero attached hydrogens (tertiary/aromatic N) is 4. The molecule has 1 aliphatic heterocycles. The van der Waals surface area contributed by atoms with Gasteiger partial charge in [0.2, 0.25) is 5.91 Å². The maximum Gasteiger partial charge on any atom is 0.312 e. The lowest BCUT2D eigenvalue weighted by Crippen LogP contribution is -2.40. The molecule has 0 bridgehead atoms. The van der Waals surface area contributed by atoms with E-state index in [0.29, 0.717) is 30.4 Å². The van der Waals surface area contributed by atoms with Crippen molar-refractivity contribution < 1.29 is 9.72 Å². The second-order valence-electron chi connectivity index (χ2n) is 7.38. The molecule has 0 radical (unpaired) electrons. The first kappa shape index (κ1) is 18.2. The van der Waals surface area contributed by atoms with Gasteiger partial charge in [0.15, 0.2) is 0 Å². The van der Waals surface area contributed by atoms with Crippen molar-refractivity contribution >= 4 is 22.5 Å². The van der Waals surface area contributed by atoms with E-state index in [1.807, 2.05) is 17.0 Å². The Bertz CT molecular complexity index is 1040. The molecule has 1 aromatic carbocycles. The number of amides is 1. The summed E-state index contributed by atoms with van der Waals surface area (Å²) in [4.78, 5) is 28.6. The molecule has 8 heteroatoms. The minimum atomic E-state index is -0.439. The lowest BCUT2D eigenvalue weighted by atomic mass is 9.89. The van der Waals surface area contributed by atoms with Crippen molar-refractivity contribution in [3.63, 3.8) is 0 Å². The number of likely N-dealkylation sites (tertiary alicyclic amines) is 1. The fraction of sp³-hybridized carbons (Fsp3) is 0.400.